The normalized spacial score (nSPS) is 12.4. The fourth-order valence-electron chi connectivity index (χ4n) is 2.51. The zero-order valence-corrected chi connectivity index (χ0v) is 13.0. The Morgan fingerprint density at radius 3 is 2.50 bits per heavy atom. The molecule has 0 saturated carbocycles. The van der Waals surface area contributed by atoms with Gasteiger partial charge >= 0.3 is 0 Å². The van der Waals surface area contributed by atoms with Gasteiger partial charge in [0.2, 0.25) is 11.8 Å². The lowest BCUT2D eigenvalue weighted by Crippen LogP contribution is -2.44. The van der Waals surface area contributed by atoms with Crippen molar-refractivity contribution in [3.8, 4) is 0 Å². The van der Waals surface area contributed by atoms with E-state index in [9.17, 15) is 9.59 Å². The van der Waals surface area contributed by atoms with Crippen LogP contribution in [0.5, 0.6) is 0 Å². The molecule has 0 spiro atoms. The summed E-state index contributed by atoms with van der Waals surface area (Å²) in [4.78, 5) is 24.0. The van der Waals surface area contributed by atoms with E-state index in [4.69, 9.17) is 5.73 Å². The van der Waals surface area contributed by atoms with Crippen LogP contribution in [0.15, 0.2) is 42.5 Å². The van der Waals surface area contributed by atoms with Gasteiger partial charge in [-0.1, -0.05) is 56.3 Å². The number of nitrogens with one attached hydrogen (secondary N) is 1. The first-order valence-corrected chi connectivity index (χ1v) is 7.53. The van der Waals surface area contributed by atoms with Gasteiger partial charge in [-0.2, -0.15) is 0 Å². The molecule has 1 atom stereocenters. The molecule has 2 aromatic rings. The number of hydrogen-bond donors (Lipinski definition) is 2. The van der Waals surface area contributed by atoms with Crippen molar-refractivity contribution in [2.24, 2.45) is 11.7 Å². The summed E-state index contributed by atoms with van der Waals surface area (Å²) in [5.41, 5.74) is 6.69. The highest BCUT2D eigenvalue weighted by atomic mass is 16.2. The third kappa shape index (κ3) is 4.15. The zero-order chi connectivity index (χ0) is 16.1. The van der Waals surface area contributed by atoms with Gasteiger partial charge in [0.1, 0.15) is 0 Å². The molecule has 22 heavy (non-hydrogen) atoms. The van der Waals surface area contributed by atoms with Crippen LogP contribution >= 0.6 is 0 Å². The average molecular weight is 298 g/mol. The van der Waals surface area contributed by atoms with E-state index < -0.39 is 11.9 Å². The third-order valence-corrected chi connectivity index (χ3v) is 3.56. The third-order valence-electron chi connectivity index (χ3n) is 3.56. The number of amides is 2. The standard InChI is InChI=1S/C18H22N2O2/c1-12(2)10-16(19)18(22)20-17(21)11-14-8-5-7-13-6-3-4-9-15(13)14/h3-9,12,16H,10-11,19H2,1-2H3,(H,20,21,22)/t16-/m0/s1. The molecular formula is C18H22N2O2. The number of imide groups is 1. The Bertz CT molecular complexity index is 674. The van der Waals surface area contributed by atoms with Crippen molar-refractivity contribution >= 4 is 22.6 Å². The molecule has 0 radical (unpaired) electrons. The van der Waals surface area contributed by atoms with E-state index in [0.29, 0.717) is 12.3 Å². The van der Waals surface area contributed by atoms with E-state index in [1.165, 1.54) is 0 Å². The smallest absolute Gasteiger partial charge is 0.243 e. The van der Waals surface area contributed by atoms with E-state index in [1.54, 1.807) is 0 Å². The van der Waals surface area contributed by atoms with Crippen molar-refractivity contribution in [1.29, 1.82) is 0 Å². The number of carbonyl (C=O) groups is 2. The molecule has 0 saturated heterocycles. The summed E-state index contributed by atoms with van der Waals surface area (Å²) >= 11 is 0. The van der Waals surface area contributed by atoms with Crippen molar-refractivity contribution in [2.45, 2.75) is 32.7 Å². The highest BCUT2D eigenvalue weighted by Crippen LogP contribution is 2.18. The summed E-state index contributed by atoms with van der Waals surface area (Å²) in [5, 5.41) is 4.50. The van der Waals surface area contributed by atoms with Crippen LogP contribution in [0.3, 0.4) is 0 Å². The Hall–Kier alpha value is -2.20. The maximum absolute atomic E-state index is 12.1. The monoisotopic (exact) mass is 298 g/mol. The SMILES string of the molecule is CC(C)C[C@H](N)C(=O)NC(=O)Cc1cccc2ccccc12. The quantitative estimate of drug-likeness (QED) is 0.890. The van der Waals surface area contributed by atoms with Crippen molar-refractivity contribution in [3.63, 3.8) is 0 Å². The highest BCUT2D eigenvalue weighted by Gasteiger charge is 2.18. The molecule has 0 heterocycles. The second kappa shape index (κ2) is 7.18. The Morgan fingerprint density at radius 1 is 1.09 bits per heavy atom. The van der Waals surface area contributed by atoms with Crippen LogP contribution in [0, 0.1) is 5.92 Å². The van der Waals surface area contributed by atoms with Gasteiger partial charge < -0.3 is 5.73 Å². The first kappa shape index (κ1) is 16.2. The minimum Gasteiger partial charge on any atom is -0.320 e. The predicted molar refractivity (Wildman–Crippen MR) is 88.2 cm³/mol. The van der Waals surface area contributed by atoms with Crippen LogP contribution < -0.4 is 11.1 Å². The zero-order valence-electron chi connectivity index (χ0n) is 13.0. The van der Waals surface area contributed by atoms with E-state index in [1.807, 2.05) is 56.3 Å². The van der Waals surface area contributed by atoms with Gasteiger partial charge in [-0.25, -0.2) is 0 Å². The molecule has 4 heteroatoms. The Labute approximate surface area is 130 Å². The lowest BCUT2D eigenvalue weighted by atomic mass is 10.0. The van der Waals surface area contributed by atoms with Crippen molar-refractivity contribution in [3.05, 3.63) is 48.0 Å². The highest BCUT2D eigenvalue weighted by molar-refractivity contribution is 6.00. The molecule has 0 fully saturated rings. The predicted octanol–water partition coefficient (Wildman–Crippen LogP) is 2.40. The minimum absolute atomic E-state index is 0.168. The molecule has 0 aliphatic carbocycles. The van der Waals surface area contributed by atoms with E-state index in [0.717, 1.165) is 16.3 Å². The molecule has 2 aromatic carbocycles. The average Bonchev–Trinajstić information content (AvgIpc) is 2.46. The van der Waals surface area contributed by atoms with Gasteiger partial charge in [0.25, 0.3) is 0 Å². The molecule has 3 N–H and O–H groups in total. The van der Waals surface area contributed by atoms with Gasteiger partial charge in [0.15, 0.2) is 0 Å². The van der Waals surface area contributed by atoms with Crippen molar-refractivity contribution in [1.82, 2.24) is 5.32 Å². The van der Waals surface area contributed by atoms with Crippen LogP contribution in [0.25, 0.3) is 10.8 Å². The number of fused-ring (bicyclic) bond motifs is 1. The van der Waals surface area contributed by atoms with Gasteiger partial charge in [-0.05, 0) is 28.7 Å². The molecule has 0 bridgehead atoms. The van der Waals surface area contributed by atoms with Crippen molar-refractivity contribution in [2.75, 3.05) is 0 Å². The molecule has 2 amide bonds. The van der Waals surface area contributed by atoms with E-state index in [-0.39, 0.29) is 12.3 Å². The summed E-state index contributed by atoms with van der Waals surface area (Å²) < 4.78 is 0. The maximum atomic E-state index is 12.1. The summed E-state index contributed by atoms with van der Waals surface area (Å²) in [5.74, 6) is -0.409. The maximum Gasteiger partial charge on any atom is 0.243 e. The summed E-state index contributed by atoms with van der Waals surface area (Å²) in [7, 11) is 0. The largest absolute Gasteiger partial charge is 0.320 e. The fourth-order valence-corrected chi connectivity index (χ4v) is 2.51. The van der Waals surface area contributed by atoms with Gasteiger partial charge in [0.05, 0.1) is 12.5 Å². The fraction of sp³-hybridized carbons (Fsp3) is 0.333. The van der Waals surface area contributed by atoms with Gasteiger partial charge in [0, 0.05) is 0 Å². The number of nitrogens with two attached hydrogens (primary N) is 1. The second-order valence-corrected chi connectivity index (χ2v) is 5.96. The van der Waals surface area contributed by atoms with Crippen LogP contribution in [-0.2, 0) is 16.0 Å². The van der Waals surface area contributed by atoms with Crippen molar-refractivity contribution < 1.29 is 9.59 Å². The number of rotatable bonds is 5. The van der Waals surface area contributed by atoms with Crippen LogP contribution in [0.4, 0.5) is 0 Å². The first-order chi connectivity index (χ1) is 10.5. The summed E-state index contributed by atoms with van der Waals surface area (Å²) in [6, 6.07) is 13.0. The molecule has 0 unspecified atom stereocenters. The molecule has 116 valence electrons. The number of hydrogen-bond acceptors (Lipinski definition) is 3. The number of benzene rings is 2. The molecular weight excluding hydrogens is 276 g/mol. The molecule has 0 aliphatic rings. The molecule has 4 nitrogen and oxygen atoms in total. The van der Waals surface area contributed by atoms with Crippen LogP contribution in [0.1, 0.15) is 25.8 Å². The molecule has 2 rings (SSSR count). The second-order valence-electron chi connectivity index (χ2n) is 5.96. The summed E-state index contributed by atoms with van der Waals surface area (Å²) in [6.45, 7) is 3.98. The lowest BCUT2D eigenvalue weighted by molar-refractivity contribution is -0.131. The Morgan fingerprint density at radius 2 is 1.77 bits per heavy atom. The number of carbonyl (C=O) groups excluding carboxylic acids is 2. The Kier molecular flexibility index (Phi) is 5.28. The first-order valence-electron chi connectivity index (χ1n) is 7.53. The van der Waals surface area contributed by atoms with Crippen LogP contribution in [0.2, 0.25) is 0 Å². The lowest BCUT2D eigenvalue weighted by Gasteiger charge is -2.13. The summed E-state index contributed by atoms with van der Waals surface area (Å²) in [6.07, 6.45) is 0.731. The van der Waals surface area contributed by atoms with E-state index >= 15 is 0 Å². The van der Waals surface area contributed by atoms with Gasteiger partial charge in [-0.3, -0.25) is 14.9 Å². The Balaban J connectivity index is 2.04. The molecule has 0 aromatic heterocycles. The van der Waals surface area contributed by atoms with Gasteiger partial charge in [-0.15, -0.1) is 0 Å². The van der Waals surface area contributed by atoms with E-state index in [2.05, 4.69) is 5.32 Å². The van der Waals surface area contributed by atoms with Crippen LogP contribution in [-0.4, -0.2) is 17.9 Å². The topological polar surface area (TPSA) is 72.2 Å². The minimum atomic E-state index is -0.642. The molecule has 0 aliphatic heterocycles.